The third kappa shape index (κ3) is 6.21. The minimum Gasteiger partial charge on any atom is -0.330 e. The molecule has 0 saturated carbocycles. The van der Waals surface area contributed by atoms with Crippen LogP contribution in [-0.2, 0) is 14.5 Å². The highest BCUT2D eigenvalue weighted by molar-refractivity contribution is 4.36. The molecule has 0 radical (unpaired) electrons. The molecule has 11 heavy (non-hydrogen) atoms. The third-order valence-corrected chi connectivity index (χ3v) is 1.09. The quantitative estimate of drug-likeness (QED) is 0.426. The molecule has 5 heteroatoms. The van der Waals surface area contributed by atoms with Crippen molar-refractivity contribution in [2.45, 2.75) is 12.8 Å². The molecule has 0 unspecified atom stereocenters. The number of hydrogen-bond acceptors (Lipinski definition) is 5. The molecule has 0 aromatic rings. The Morgan fingerprint density at radius 2 is 1.82 bits per heavy atom. The molecule has 0 heterocycles. The van der Waals surface area contributed by atoms with E-state index in [2.05, 4.69) is 9.68 Å². The number of nitrogens with zero attached hydrogens (tertiary/aromatic N) is 1. The Balaban J connectivity index is 3.07. The summed E-state index contributed by atoms with van der Waals surface area (Å²) in [6, 6.07) is 0. The Morgan fingerprint density at radius 1 is 1.18 bits per heavy atom. The van der Waals surface area contributed by atoms with Crippen LogP contribution in [0.25, 0.3) is 0 Å². The van der Waals surface area contributed by atoms with Crippen LogP contribution in [0.15, 0.2) is 0 Å². The molecule has 0 amide bonds. The SMILES string of the molecule is CON(OC)OCCCCN. The number of nitrogens with two attached hydrogens (primary N) is 1. The van der Waals surface area contributed by atoms with Crippen LogP contribution >= 0.6 is 0 Å². The maximum Gasteiger partial charge on any atom is 0.0761 e. The van der Waals surface area contributed by atoms with E-state index in [0.717, 1.165) is 18.2 Å². The van der Waals surface area contributed by atoms with Gasteiger partial charge in [0.15, 0.2) is 0 Å². The fourth-order valence-electron chi connectivity index (χ4n) is 0.565. The predicted molar refractivity (Wildman–Crippen MR) is 40.1 cm³/mol. The van der Waals surface area contributed by atoms with Crippen LogP contribution in [0.4, 0.5) is 0 Å². The Bertz CT molecular complexity index is 78.2. The van der Waals surface area contributed by atoms with E-state index in [0.29, 0.717) is 13.2 Å². The summed E-state index contributed by atoms with van der Waals surface area (Å²) in [6.07, 6.45) is 1.85. The summed E-state index contributed by atoms with van der Waals surface area (Å²) < 4.78 is 0. The van der Waals surface area contributed by atoms with Gasteiger partial charge in [0.25, 0.3) is 0 Å². The maximum absolute atomic E-state index is 5.28. The van der Waals surface area contributed by atoms with E-state index in [4.69, 9.17) is 10.6 Å². The molecule has 0 rings (SSSR count). The van der Waals surface area contributed by atoms with Gasteiger partial charge in [-0.2, -0.15) is 0 Å². The Kier molecular flexibility index (Phi) is 7.76. The van der Waals surface area contributed by atoms with Crippen molar-refractivity contribution < 1.29 is 14.5 Å². The number of hydrogen-bond donors (Lipinski definition) is 1. The van der Waals surface area contributed by atoms with Crippen LogP contribution < -0.4 is 5.73 Å². The molecular weight excluding hydrogens is 148 g/mol. The van der Waals surface area contributed by atoms with Crippen LogP contribution in [0.2, 0.25) is 0 Å². The van der Waals surface area contributed by atoms with Gasteiger partial charge in [0, 0.05) is 0 Å². The highest BCUT2D eigenvalue weighted by Gasteiger charge is 1.99. The van der Waals surface area contributed by atoms with Crippen molar-refractivity contribution in [1.29, 1.82) is 0 Å². The fourth-order valence-corrected chi connectivity index (χ4v) is 0.565. The van der Waals surface area contributed by atoms with Gasteiger partial charge in [0.2, 0.25) is 0 Å². The lowest BCUT2D eigenvalue weighted by Crippen LogP contribution is -2.22. The van der Waals surface area contributed by atoms with Gasteiger partial charge in [-0.05, 0) is 19.4 Å². The first-order valence-electron chi connectivity index (χ1n) is 3.56. The lowest BCUT2D eigenvalue weighted by molar-refractivity contribution is -0.510. The van der Waals surface area contributed by atoms with Crippen molar-refractivity contribution in [3.63, 3.8) is 0 Å². The van der Waals surface area contributed by atoms with Gasteiger partial charge in [0.05, 0.1) is 26.2 Å². The molecule has 0 aromatic heterocycles. The van der Waals surface area contributed by atoms with E-state index in [-0.39, 0.29) is 0 Å². The van der Waals surface area contributed by atoms with Crippen molar-refractivity contribution in [1.82, 2.24) is 5.39 Å². The summed E-state index contributed by atoms with van der Waals surface area (Å²) in [4.78, 5) is 14.3. The maximum atomic E-state index is 5.28. The van der Waals surface area contributed by atoms with Crippen molar-refractivity contribution in [2.75, 3.05) is 27.4 Å². The first kappa shape index (κ1) is 10.8. The molecule has 5 nitrogen and oxygen atoms in total. The van der Waals surface area contributed by atoms with E-state index in [9.17, 15) is 0 Å². The lowest BCUT2D eigenvalue weighted by Gasteiger charge is -2.14. The zero-order valence-electron chi connectivity index (χ0n) is 7.08. The summed E-state index contributed by atoms with van der Waals surface area (Å²) in [6.45, 7) is 1.24. The number of rotatable bonds is 7. The van der Waals surface area contributed by atoms with Crippen molar-refractivity contribution in [3.05, 3.63) is 0 Å². The summed E-state index contributed by atoms with van der Waals surface area (Å²) in [7, 11) is 2.93. The minimum atomic E-state index is 0.554. The van der Waals surface area contributed by atoms with Gasteiger partial charge < -0.3 is 5.73 Å². The number of unbranched alkanes of at least 4 members (excludes halogenated alkanes) is 1. The largest absolute Gasteiger partial charge is 0.330 e. The van der Waals surface area contributed by atoms with Gasteiger partial charge in [-0.15, -0.1) is 0 Å². The first-order valence-corrected chi connectivity index (χ1v) is 3.56. The standard InChI is InChI=1S/C6H16N2O3/c1-9-8(10-2)11-6-4-3-5-7/h3-7H2,1-2H3. The lowest BCUT2D eigenvalue weighted by atomic mass is 10.3. The highest BCUT2D eigenvalue weighted by Crippen LogP contribution is 1.93. The molecule has 0 aliphatic rings. The zero-order valence-corrected chi connectivity index (χ0v) is 7.08. The van der Waals surface area contributed by atoms with Crippen LogP contribution in [0.3, 0.4) is 0 Å². The van der Waals surface area contributed by atoms with Crippen molar-refractivity contribution >= 4 is 0 Å². The summed E-state index contributed by atoms with van der Waals surface area (Å²) in [5.74, 6) is 0. The van der Waals surface area contributed by atoms with E-state index in [1.807, 2.05) is 0 Å². The molecule has 68 valence electrons. The van der Waals surface area contributed by atoms with Gasteiger partial charge >= 0.3 is 0 Å². The second-order valence-electron chi connectivity index (χ2n) is 1.92. The van der Waals surface area contributed by atoms with Gasteiger partial charge in [-0.1, -0.05) is 0 Å². The van der Waals surface area contributed by atoms with E-state index in [1.54, 1.807) is 0 Å². The normalized spacial score (nSPS) is 10.9. The third-order valence-electron chi connectivity index (χ3n) is 1.09. The van der Waals surface area contributed by atoms with E-state index < -0.39 is 0 Å². The average Bonchev–Trinajstić information content (AvgIpc) is 2.05. The summed E-state index contributed by atoms with van der Waals surface area (Å²) in [5, 5.41) is 0.955. The van der Waals surface area contributed by atoms with Crippen molar-refractivity contribution in [2.24, 2.45) is 5.73 Å². The van der Waals surface area contributed by atoms with E-state index in [1.165, 1.54) is 14.2 Å². The molecule has 0 bridgehead atoms. The van der Waals surface area contributed by atoms with Gasteiger partial charge in [0.1, 0.15) is 0 Å². The second-order valence-corrected chi connectivity index (χ2v) is 1.92. The van der Waals surface area contributed by atoms with Crippen LogP contribution in [0, 0.1) is 0 Å². The minimum absolute atomic E-state index is 0.554. The Morgan fingerprint density at radius 3 is 2.27 bits per heavy atom. The predicted octanol–water partition coefficient (Wildman–Crippen LogP) is 0.0817. The Labute approximate surface area is 66.9 Å². The van der Waals surface area contributed by atoms with Gasteiger partial charge in [-0.25, -0.2) is 0 Å². The topological polar surface area (TPSA) is 57.0 Å². The second kappa shape index (κ2) is 7.90. The first-order chi connectivity index (χ1) is 5.35. The Hall–Kier alpha value is -0.200. The highest BCUT2D eigenvalue weighted by atomic mass is 17.2. The molecule has 0 spiro atoms. The summed E-state index contributed by atoms with van der Waals surface area (Å²) in [5.41, 5.74) is 5.28. The monoisotopic (exact) mass is 164 g/mol. The molecule has 0 fully saturated rings. The smallest absolute Gasteiger partial charge is 0.0761 e. The molecule has 0 aliphatic carbocycles. The summed E-state index contributed by atoms with van der Waals surface area (Å²) >= 11 is 0. The van der Waals surface area contributed by atoms with Crippen LogP contribution in [-0.4, -0.2) is 32.8 Å². The molecule has 0 aromatic carbocycles. The van der Waals surface area contributed by atoms with Crippen LogP contribution in [0.5, 0.6) is 0 Å². The molecule has 0 aliphatic heterocycles. The van der Waals surface area contributed by atoms with Crippen LogP contribution in [0.1, 0.15) is 12.8 Å². The zero-order chi connectivity index (χ0) is 8.53. The molecule has 0 atom stereocenters. The van der Waals surface area contributed by atoms with Gasteiger partial charge in [-0.3, -0.25) is 14.5 Å². The van der Waals surface area contributed by atoms with Crippen molar-refractivity contribution in [3.8, 4) is 0 Å². The fraction of sp³-hybridized carbons (Fsp3) is 1.00. The average molecular weight is 164 g/mol. The molecular formula is C6H16N2O3. The van der Waals surface area contributed by atoms with E-state index >= 15 is 0 Å². The molecule has 2 N–H and O–H groups in total. The molecule has 0 saturated heterocycles.